The van der Waals surface area contributed by atoms with E-state index in [9.17, 15) is 9.59 Å². The van der Waals surface area contributed by atoms with Gasteiger partial charge in [-0.25, -0.2) is 14.8 Å². The van der Waals surface area contributed by atoms with Crippen molar-refractivity contribution >= 4 is 12.3 Å². The van der Waals surface area contributed by atoms with Crippen LogP contribution in [0.4, 0.5) is 0 Å². The maximum absolute atomic E-state index is 10.9. The Hall–Kier alpha value is -1.78. The number of hydrogen-bond donors (Lipinski definition) is 1. The van der Waals surface area contributed by atoms with E-state index in [0.717, 1.165) is 0 Å². The number of hydrogen-bond acceptors (Lipinski definition) is 4. The summed E-state index contributed by atoms with van der Waals surface area (Å²) < 4.78 is 0. The Morgan fingerprint density at radius 2 is 2.12 bits per heavy atom. The SMILES string of the molecule is CC(C)(C)c1ncc(C(=O)O)c(CC=O)n1. The van der Waals surface area contributed by atoms with Crippen molar-refractivity contribution in [2.45, 2.75) is 32.6 Å². The molecule has 0 atom stereocenters. The molecule has 0 spiro atoms. The molecule has 86 valence electrons. The smallest absolute Gasteiger partial charge is 0.339 e. The van der Waals surface area contributed by atoms with Gasteiger partial charge >= 0.3 is 5.97 Å². The van der Waals surface area contributed by atoms with Gasteiger partial charge in [0.2, 0.25) is 0 Å². The second-order valence-electron chi connectivity index (χ2n) is 4.48. The van der Waals surface area contributed by atoms with Crippen molar-refractivity contribution in [3.05, 3.63) is 23.3 Å². The Labute approximate surface area is 93.5 Å². The van der Waals surface area contributed by atoms with Crippen LogP contribution in [-0.2, 0) is 16.6 Å². The van der Waals surface area contributed by atoms with Crippen molar-refractivity contribution in [2.75, 3.05) is 0 Å². The fourth-order valence-corrected chi connectivity index (χ4v) is 1.19. The largest absolute Gasteiger partial charge is 0.478 e. The van der Waals surface area contributed by atoms with E-state index in [0.29, 0.717) is 12.1 Å². The third-order valence-corrected chi connectivity index (χ3v) is 2.05. The summed E-state index contributed by atoms with van der Waals surface area (Å²) in [5.74, 6) is -0.577. The number of rotatable bonds is 3. The molecule has 0 radical (unpaired) electrons. The highest BCUT2D eigenvalue weighted by Crippen LogP contribution is 2.19. The van der Waals surface area contributed by atoms with Crippen LogP contribution in [0.15, 0.2) is 6.20 Å². The molecule has 16 heavy (non-hydrogen) atoms. The van der Waals surface area contributed by atoms with Gasteiger partial charge in [-0.2, -0.15) is 0 Å². The lowest BCUT2D eigenvalue weighted by Crippen LogP contribution is -2.19. The molecule has 0 aliphatic heterocycles. The first-order valence-electron chi connectivity index (χ1n) is 4.89. The molecule has 0 aliphatic rings. The zero-order chi connectivity index (χ0) is 12.3. The topological polar surface area (TPSA) is 80.1 Å². The number of aromatic nitrogens is 2. The molecule has 0 bridgehead atoms. The third-order valence-electron chi connectivity index (χ3n) is 2.05. The molecule has 0 aliphatic carbocycles. The van der Waals surface area contributed by atoms with E-state index in [1.165, 1.54) is 6.20 Å². The lowest BCUT2D eigenvalue weighted by molar-refractivity contribution is -0.107. The summed E-state index contributed by atoms with van der Waals surface area (Å²) in [4.78, 5) is 29.5. The summed E-state index contributed by atoms with van der Waals surface area (Å²) in [6.07, 6.45) is 1.89. The highest BCUT2D eigenvalue weighted by molar-refractivity contribution is 5.89. The first-order valence-corrected chi connectivity index (χ1v) is 4.89. The molecular formula is C11H14N2O3. The van der Waals surface area contributed by atoms with Crippen LogP contribution in [0, 0.1) is 0 Å². The van der Waals surface area contributed by atoms with Crippen molar-refractivity contribution in [2.24, 2.45) is 0 Å². The second kappa shape index (κ2) is 4.38. The molecule has 0 amide bonds. The van der Waals surface area contributed by atoms with E-state index in [2.05, 4.69) is 9.97 Å². The lowest BCUT2D eigenvalue weighted by atomic mass is 9.95. The molecule has 0 fully saturated rings. The van der Waals surface area contributed by atoms with Crippen molar-refractivity contribution < 1.29 is 14.7 Å². The summed E-state index contributed by atoms with van der Waals surface area (Å²) in [6.45, 7) is 5.77. The third kappa shape index (κ3) is 2.62. The normalized spacial score (nSPS) is 11.2. The Morgan fingerprint density at radius 1 is 1.50 bits per heavy atom. The van der Waals surface area contributed by atoms with E-state index in [1.54, 1.807) is 0 Å². The second-order valence-corrected chi connectivity index (χ2v) is 4.48. The van der Waals surface area contributed by atoms with Gasteiger partial charge in [0.05, 0.1) is 11.3 Å². The molecular weight excluding hydrogens is 208 g/mol. The number of carboxylic acid groups (broad SMARTS) is 1. The number of carboxylic acids is 1. The maximum Gasteiger partial charge on any atom is 0.339 e. The number of carbonyl (C=O) groups excluding carboxylic acids is 1. The minimum Gasteiger partial charge on any atom is -0.478 e. The predicted molar refractivity (Wildman–Crippen MR) is 57.5 cm³/mol. The maximum atomic E-state index is 10.9. The number of aromatic carboxylic acids is 1. The highest BCUT2D eigenvalue weighted by atomic mass is 16.4. The average Bonchev–Trinajstić information content (AvgIpc) is 2.16. The van der Waals surface area contributed by atoms with Gasteiger partial charge < -0.3 is 9.90 Å². The van der Waals surface area contributed by atoms with Crippen LogP contribution in [0.2, 0.25) is 0 Å². The highest BCUT2D eigenvalue weighted by Gasteiger charge is 2.20. The summed E-state index contributed by atoms with van der Waals surface area (Å²) >= 11 is 0. The standard InChI is InChI=1S/C11H14N2O3/c1-11(2,3)10-12-6-7(9(15)16)8(13-10)4-5-14/h5-6H,4H2,1-3H3,(H,15,16). The number of aldehydes is 1. The van der Waals surface area contributed by atoms with Crippen LogP contribution < -0.4 is 0 Å². The molecule has 1 aromatic heterocycles. The number of nitrogens with zero attached hydrogens (tertiary/aromatic N) is 2. The Balaban J connectivity index is 3.27. The van der Waals surface area contributed by atoms with Crippen molar-refractivity contribution in [1.29, 1.82) is 0 Å². The molecule has 1 aromatic rings. The van der Waals surface area contributed by atoms with Crippen LogP contribution in [-0.4, -0.2) is 27.3 Å². The minimum absolute atomic E-state index is 0.00671. The van der Waals surface area contributed by atoms with Gasteiger partial charge in [0.1, 0.15) is 12.1 Å². The van der Waals surface area contributed by atoms with E-state index >= 15 is 0 Å². The average molecular weight is 222 g/mol. The van der Waals surface area contributed by atoms with E-state index in [-0.39, 0.29) is 23.1 Å². The van der Waals surface area contributed by atoms with E-state index in [1.807, 2.05) is 20.8 Å². The van der Waals surface area contributed by atoms with Gasteiger partial charge in [0.15, 0.2) is 0 Å². The Morgan fingerprint density at radius 3 is 2.56 bits per heavy atom. The van der Waals surface area contributed by atoms with Gasteiger partial charge in [-0.15, -0.1) is 0 Å². The lowest BCUT2D eigenvalue weighted by Gasteiger charge is -2.17. The molecule has 5 heteroatoms. The van der Waals surface area contributed by atoms with Crippen molar-refractivity contribution in [3.63, 3.8) is 0 Å². The Kier molecular flexibility index (Phi) is 3.37. The van der Waals surface area contributed by atoms with Crippen LogP contribution in [0.3, 0.4) is 0 Å². The Bertz CT molecular complexity index is 422. The molecule has 1 N–H and O–H groups in total. The molecule has 0 unspecified atom stereocenters. The fourth-order valence-electron chi connectivity index (χ4n) is 1.19. The van der Waals surface area contributed by atoms with Gasteiger partial charge in [-0.05, 0) is 0 Å². The molecule has 0 aromatic carbocycles. The molecule has 0 saturated carbocycles. The zero-order valence-corrected chi connectivity index (χ0v) is 9.52. The summed E-state index contributed by atoms with van der Waals surface area (Å²) in [5.41, 5.74) is -0.0168. The first-order chi connectivity index (χ1) is 7.36. The van der Waals surface area contributed by atoms with Gasteiger partial charge in [0.25, 0.3) is 0 Å². The molecule has 1 heterocycles. The predicted octanol–water partition coefficient (Wildman–Crippen LogP) is 1.21. The van der Waals surface area contributed by atoms with Gasteiger partial charge in [0, 0.05) is 18.0 Å². The summed E-state index contributed by atoms with van der Waals surface area (Å²) in [5, 5.41) is 8.89. The van der Waals surface area contributed by atoms with Crippen LogP contribution in [0.5, 0.6) is 0 Å². The summed E-state index contributed by atoms with van der Waals surface area (Å²) in [7, 11) is 0. The first kappa shape index (κ1) is 12.3. The monoisotopic (exact) mass is 222 g/mol. The van der Waals surface area contributed by atoms with E-state index < -0.39 is 5.97 Å². The zero-order valence-electron chi connectivity index (χ0n) is 9.52. The molecule has 0 saturated heterocycles. The van der Waals surface area contributed by atoms with Crippen LogP contribution in [0.25, 0.3) is 0 Å². The fraction of sp³-hybridized carbons (Fsp3) is 0.455. The number of carbonyl (C=O) groups is 2. The van der Waals surface area contributed by atoms with Gasteiger partial charge in [-0.3, -0.25) is 0 Å². The van der Waals surface area contributed by atoms with Crippen LogP contribution >= 0.6 is 0 Å². The molecule has 5 nitrogen and oxygen atoms in total. The quantitative estimate of drug-likeness (QED) is 0.777. The molecule has 1 rings (SSSR count). The van der Waals surface area contributed by atoms with Crippen molar-refractivity contribution in [3.8, 4) is 0 Å². The van der Waals surface area contributed by atoms with E-state index in [4.69, 9.17) is 5.11 Å². The van der Waals surface area contributed by atoms with Crippen LogP contribution in [0.1, 0.15) is 42.6 Å². The van der Waals surface area contributed by atoms with Crippen molar-refractivity contribution in [1.82, 2.24) is 9.97 Å². The van der Waals surface area contributed by atoms with Gasteiger partial charge in [-0.1, -0.05) is 20.8 Å². The minimum atomic E-state index is -1.11. The summed E-state index contributed by atoms with van der Waals surface area (Å²) in [6, 6.07) is 0.